The molecule has 20 heavy (non-hydrogen) atoms. The average Bonchev–Trinajstić information content (AvgIpc) is 3.02. The fraction of sp³-hybridized carbons (Fsp3) is 0.625. The molecule has 1 aromatic rings. The standard InChI is InChI=1S/C16H24N2O2/c1-19-16-3-2-13(14-4-5-17-11-14)10-15(16)12-18-6-8-20-9-7-18/h2-3,10,14,17H,4-9,11-12H2,1H3. The first-order valence-corrected chi connectivity index (χ1v) is 7.54. The normalized spacial score (nSPS) is 23.9. The average molecular weight is 276 g/mol. The predicted molar refractivity (Wildman–Crippen MR) is 79.3 cm³/mol. The monoisotopic (exact) mass is 276 g/mol. The summed E-state index contributed by atoms with van der Waals surface area (Å²) in [5.74, 6) is 1.66. The van der Waals surface area contributed by atoms with E-state index < -0.39 is 0 Å². The van der Waals surface area contributed by atoms with Gasteiger partial charge in [0.1, 0.15) is 5.75 Å². The van der Waals surface area contributed by atoms with Crippen molar-refractivity contribution < 1.29 is 9.47 Å². The Labute approximate surface area is 121 Å². The molecular formula is C16H24N2O2. The lowest BCUT2D eigenvalue weighted by Gasteiger charge is -2.27. The van der Waals surface area contributed by atoms with E-state index in [-0.39, 0.29) is 0 Å². The molecule has 2 fully saturated rings. The smallest absolute Gasteiger partial charge is 0.123 e. The number of ether oxygens (including phenoxy) is 2. The first-order valence-electron chi connectivity index (χ1n) is 7.54. The molecule has 0 bridgehead atoms. The summed E-state index contributed by atoms with van der Waals surface area (Å²) in [7, 11) is 1.76. The van der Waals surface area contributed by atoms with Crippen molar-refractivity contribution in [2.24, 2.45) is 0 Å². The van der Waals surface area contributed by atoms with Crippen LogP contribution in [0, 0.1) is 0 Å². The third kappa shape index (κ3) is 3.14. The number of morpholine rings is 1. The highest BCUT2D eigenvalue weighted by molar-refractivity contribution is 5.39. The topological polar surface area (TPSA) is 33.7 Å². The van der Waals surface area contributed by atoms with Crippen molar-refractivity contribution in [3.05, 3.63) is 29.3 Å². The van der Waals surface area contributed by atoms with E-state index in [1.807, 2.05) is 0 Å². The van der Waals surface area contributed by atoms with E-state index in [2.05, 4.69) is 28.4 Å². The van der Waals surface area contributed by atoms with Crippen molar-refractivity contribution >= 4 is 0 Å². The minimum absolute atomic E-state index is 0.657. The molecule has 1 N–H and O–H groups in total. The molecule has 2 heterocycles. The van der Waals surface area contributed by atoms with Gasteiger partial charge in [-0.25, -0.2) is 0 Å². The van der Waals surface area contributed by atoms with Crippen LogP contribution in [0.5, 0.6) is 5.75 Å². The highest BCUT2D eigenvalue weighted by Crippen LogP contribution is 2.28. The minimum atomic E-state index is 0.657. The van der Waals surface area contributed by atoms with Crippen molar-refractivity contribution in [2.45, 2.75) is 18.9 Å². The van der Waals surface area contributed by atoms with Gasteiger partial charge in [0.05, 0.1) is 20.3 Å². The van der Waals surface area contributed by atoms with Crippen LogP contribution in [0.1, 0.15) is 23.5 Å². The highest BCUT2D eigenvalue weighted by atomic mass is 16.5. The molecule has 110 valence electrons. The van der Waals surface area contributed by atoms with Gasteiger partial charge in [0.15, 0.2) is 0 Å². The minimum Gasteiger partial charge on any atom is -0.496 e. The maximum atomic E-state index is 5.53. The number of hydrogen-bond donors (Lipinski definition) is 1. The third-order valence-corrected chi connectivity index (χ3v) is 4.33. The first-order chi connectivity index (χ1) is 9.86. The molecule has 0 aromatic heterocycles. The molecule has 2 aliphatic rings. The van der Waals surface area contributed by atoms with Crippen LogP contribution >= 0.6 is 0 Å². The zero-order valence-electron chi connectivity index (χ0n) is 12.2. The van der Waals surface area contributed by atoms with Crippen molar-refractivity contribution in [2.75, 3.05) is 46.5 Å². The molecule has 3 rings (SSSR count). The zero-order valence-corrected chi connectivity index (χ0v) is 12.2. The Bertz CT molecular complexity index is 438. The fourth-order valence-electron chi connectivity index (χ4n) is 3.12. The molecule has 0 amide bonds. The Morgan fingerprint density at radius 1 is 1.35 bits per heavy atom. The number of methoxy groups -OCH3 is 1. The second-order valence-corrected chi connectivity index (χ2v) is 5.65. The first kappa shape index (κ1) is 13.9. The number of hydrogen-bond acceptors (Lipinski definition) is 4. The summed E-state index contributed by atoms with van der Waals surface area (Å²) in [6.07, 6.45) is 1.24. The van der Waals surface area contributed by atoms with E-state index in [1.165, 1.54) is 17.5 Å². The Hall–Kier alpha value is -1.10. The fourth-order valence-corrected chi connectivity index (χ4v) is 3.12. The van der Waals surface area contributed by atoms with Gasteiger partial charge in [-0.2, -0.15) is 0 Å². The summed E-state index contributed by atoms with van der Waals surface area (Å²) in [6.45, 7) is 6.90. The molecule has 0 radical (unpaired) electrons. The van der Waals surface area contributed by atoms with Gasteiger partial charge in [-0.15, -0.1) is 0 Å². The summed E-state index contributed by atoms with van der Waals surface area (Å²) in [6, 6.07) is 6.69. The van der Waals surface area contributed by atoms with Crippen LogP contribution in [0.4, 0.5) is 0 Å². The van der Waals surface area contributed by atoms with Gasteiger partial charge in [0, 0.05) is 31.7 Å². The van der Waals surface area contributed by atoms with E-state index in [4.69, 9.17) is 9.47 Å². The number of benzene rings is 1. The van der Waals surface area contributed by atoms with E-state index in [0.29, 0.717) is 5.92 Å². The Kier molecular flexibility index (Phi) is 4.55. The van der Waals surface area contributed by atoms with Crippen molar-refractivity contribution in [3.63, 3.8) is 0 Å². The molecule has 1 aromatic carbocycles. The molecule has 1 atom stereocenters. The Balaban J connectivity index is 1.76. The molecule has 0 aliphatic carbocycles. The third-order valence-electron chi connectivity index (χ3n) is 4.33. The molecular weight excluding hydrogens is 252 g/mol. The highest BCUT2D eigenvalue weighted by Gasteiger charge is 2.19. The molecule has 1 unspecified atom stereocenters. The van der Waals surface area contributed by atoms with Gasteiger partial charge in [-0.3, -0.25) is 4.90 Å². The van der Waals surface area contributed by atoms with E-state index in [1.54, 1.807) is 7.11 Å². The summed E-state index contributed by atoms with van der Waals surface area (Å²) in [4.78, 5) is 2.44. The maximum absolute atomic E-state index is 5.53. The van der Waals surface area contributed by atoms with Gasteiger partial charge >= 0.3 is 0 Å². The van der Waals surface area contributed by atoms with Crippen molar-refractivity contribution in [3.8, 4) is 5.75 Å². The second-order valence-electron chi connectivity index (χ2n) is 5.65. The van der Waals surface area contributed by atoms with E-state index >= 15 is 0 Å². The molecule has 4 nitrogen and oxygen atoms in total. The van der Waals surface area contributed by atoms with Crippen LogP contribution in [0.3, 0.4) is 0 Å². The lowest BCUT2D eigenvalue weighted by molar-refractivity contribution is 0.0339. The second kappa shape index (κ2) is 6.57. The lowest BCUT2D eigenvalue weighted by atomic mass is 9.96. The molecule has 0 spiro atoms. The quantitative estimate of drug-likeness (QED) is 0.906. The number of nitrogens with zero attached hydrogens (tertiary/aromatic N) is 1. The molecule has 2 saturated heterocycles. The van der Waals surface area contributed by atoms with Gasteiger partial charge in [-0.05, 0) is 30.5 Å². The van der Waals surface area contributed by atoms with Crippen LogP contribution in [0.15, 0.2) is 18.2 Å². The van der Waals surface area contributed by atoms with Crippen LogP contribution < -0.4 is 10.1 Å². The largest absolute Gasteiger partial charge is 0.496 e. The molecule has 2 aliphatic heterocycles. The summed E-state index contributed by atoms with van der Waals surface area (Å²) >= 11 is 0. The van der Waals surface area contributed by atoms with Gasteiger partial charge < -0.3 is 14.8 Å². The number of nitrogens with one attached hydrogen (secondary N) is 1. The van der Waals surface area contributed by atoms with Crippen molar-refractivity contribution in [1.82, 2.24) is 10.2 Å². The molecule has 4 heteroatoms. The lowest BCUT2D eigenvalue weighted by Crippen LogP contribution is -2.35. The van der Waals surface area contributed by atoms with Gasteiger partial charge in [0.25, 0.3) is 0 Å². The summed E-state index contributed by atoms with van der Waals surface area (Å²) in [5, 5.41) is 3.44. The predicted octanol–water partition coefficient (Wildman–Crippen LogP) is 1.60. The molecule has 0 saturated carbocycles. The summed E-state index contributed by atoms with van der Waals surface area (Å²) in [5.41, 5.74) is 2.75. The Morgan fingerprint density at radius 3 is 2.90 bits per heavy atom. The van der Waals surface area contributed by atoms with Crippen LogP contribution in [0.2, 0.25) is 0 Å². The Morgan fingerprint density at radius 2 is 2.20 bits per heavy atom. The van der Waals surface area contributed by atoms with Gasteiger partial charge in [0.2, 0.25) is 0 Å². The number of rotatable bonds is 4. The summed E-state index contributed by atoms with van der Waals surface area (Å²) < 4.78 is 10.9. The SMILES string of the molecule is COc1ccc(C2CCNC2)cc1CN1CCOCC1. The van der Waals surface area contributed by atoms with Crippen LogP contribution in [-0.2, 0) is 11.3 Å². The maximum Gasteiger partial charge on any atom is 0.123 e. The van der Waals surface area contributed by atoms with Crippen molar-refractivity contribution in [1.29, 1.82) is 0 Å². The zero-order chi connectivity index (χ0) is 13.8. The van der Waals surface area contributed by atoms with E-state index in [0.717, 1.165) is 51.7 Å². The van der Waals surface area contributed by atoms with Crippen LogP contribution in [-0.4, -0.2) is 51.4 Å². The van der Waals surface area contributed by atoms with Crippen LogP contribution in [0.25, 0.3) is 0 Å². The van der Waals surface area contributed by atoms with Gasteiger partial charge in [-0.1, -0.05) is 12.1 Å². The van der Waals surface area contributed by atoms with E-state index in [9.17, 15) is 0 Å².